The van der Waals surface area contributed by atoms with E-state index in [-0.39, 0.29) is 31.1 Å². The Hall–Kier alpha value is -3.15. The van der Waals surface area contributed by atoms with Gasteiger partial charge in [-0.3, -0.25) is 14.4 Å². The minimum Gasteiger partial charge on any atom is -0.462 e. The van der Waals surface area contributed by atoms with Gasteiger partial charge in [0.15, 0.2) is 6.10 Å². The second kappa shape index (κ2) is 62.4. The summed E-state index contributed by atoms with van der Waals surface area (Å²) in [5.41, 5.74) is 0. The molecule has 0 aromatic rings. The summed E-state index contributed by atoms with van der Waals surface area (Å²) in [6.07, 6.45) is 80.5. The van der Waals surface area contributed by atoms with E-state index >= 15 is 0 Å². The summed E-state index contributed by atoms with van der Waals surface area (Å²) in [4.78, 5) is 38.3. The Bertz CT molecular complexity index is 1370. The van der Waals surface area contributed by atoms with Crippen LogP contribution in [0.5, 0.6) is 0 Å². The van der Waals surface area contributed by atoms with Gasteiger partial charge >= 0.3 is 17.9 Å². The number of esters is 3. The molecule has 0 radical (unpaired) electrons. The van der Waals surface area contributed by atoms with Gasteiger partial charge in [-0.2, -0.15) is 0 Å². The lowest BCUT2D eigenvalue weighted by atomic mass is 10.0. The van der Waals surface area contributed by atoms with E-state index in [1.165, 1.54) is 180 Å². The fourth-order valence-corrected chi connectivity index (χ4v) is 9.17. The molecule has 0 aliphatic heterocycles. The fourth-order valence-electron chi connectivity index (χ4n) is 9.17. The monoisotopic (exact) mass is 1030 g/mol. The minimum absolute atomic E-state index is 0.0886. The number of carbonyl (C=O) groups excluding carboxylic acids is 3. The highest BCUT2D eigenvalue weighted by Gasteiger charge is 2.19. The largest absolute Gasteiger partial charge is 0.462 e. The SMILES string of the molecule is CC/C=C\C/C=C\C/C=C\C/C=C\C/C=C\CCCCCC(=O)OC(COC(=O)CCCCCCC/C=C\CCCCCCCCC)COC(=O)CCCCCCCCCCCCCCCCCCCCCCC. The van der Waals surface area contributed by atoms with Crippen LogP contribution in [0.15, 0.2) is 72.9 Å². The molecule has 0 saturated carbocycles. The van der Waals surface area contributed by atoms with Gasteiger partial charge in [0, 0.05) is 19.3 Å². The molecule has 6 nitrogen and oxygen atoms in total. The summed E-state index contributed by atoms with van der Waals surface area (Å²) < 4.78 is 16.9. The van der Waals surface area contributed by atoms with Crippen molar-refractivity contribution in [3.63, 3.8) is 0 Å². The topological polar surface area (TPSA) is 78.9 Å². The lowest BCUT2D eigenvalue weighted by molar-refractivity contribution is -0.167. The maximum atomic E-state index is 12.9. The molecule has 0 spiro atoms. The Morgan fingerprint density at radius 3 is 0.851 bits per heavy atom. The highest BCUT2D eigenvalue weighted by molar-refractivity contribution is 5.71. The minimum atomic E-state index is -0.796. The van der Waals surface area contributed by atoms with Gasteiger partial charge in [0.2, 0.25) is 0 Å². The quantitative estimate of drug-likeness (QED) is 0.0261. The molecule has 0 aromatic carbocycles. The molecule has 0 aromatic heterocycles. The van der Waals surface area contributed by atoms with E-state index in [4.69, 9.17) is 14.2 Å². The molecule has 1 unspecified atom stereocenters. The second-order valence-corrected chi connectivity index (χ2v) is 21.3. The summed E-state index contributed by atoms with van der Waals surface area (Å²) in [6, 6.07) is 0. The van der Waals surface area contributed by atoms with Crippen molar-refractivity contribution >= 4 is 17.9 Å². The molecule has 0 aliphatic rings. The number of carbonyl (C=O) groups is 3. The number of rotatable bonds is 58. The van der Waals surface area contributed by atoms with Crippen molar-refractivity contribution in [1.29, 1.82) is 0 Å². The van der Waals surface area contributed by atoms with Crippen molar-refractivity contribution in [2.24, 2.45) is 0 Å². The van der Waals surface area contributed by atoms with E-state index in [0.717, 1.165) is 103 Å². The second-order valence-electron chi connectivity index (χ2n) is 21.3. The van der Waals surface area contributed by atoms with Gasteiger partial charge in [-0.25, -0.2) is 0 Å². The first-order chi connectivity index (χ1) is 36.5. The van der Waals surface area contributed by atoms with Gasteiger partial charge in [-0.1, -0.05) is 286 Å². The van der Waals surface area contributed by atoms with Crippen LogP contribution in [-0.4, -0.2) is 37.2 Å². The first kappa shape index (κ1) is 70.8. The molecule has 0 saturated heterocycles. The number of ether oxygens (including phenoxy) is 3. The van der Waals surface area contributed by atoms with Crippen LogP contribution in [0.25, 0.3) is 0 Å². The molecular formula is C68H120O6. The highest BCUT2D eigenvalue weighted by Crippen LogP contribution is 2.17. The lowest BCUT2D eigenvalue weighted by Gasteiger charge is -2.18. The molecule has 0 fully saturated rings. The van der Waals surface area contributed by atoms with Crippen molar-refractivity contribution in [2.45, 2.75) is 329 Å². The maximum absolute atomic E-state index is 12.9. The molecule has 0 amide bonds. The van der Waals surface area contributed by atoms with Crippen LogP contribution in [0.2, 0.25) is 0 Å². The van der Waals surface area contributed by atoms with E-state index < -0.39 is 6.10 Å². The number of unbranched alkanes of at least 4 members (excludes halogenated alkanes) is 35. The number of hydrogen-bond donors (Lipinski definition) is 0. The van der Waals surface area contributed by atoms with Crippen LogP contribution in [0.1, 0.15) is 323 Å². The Morgan fingerprint density at radius 2 is 0.527 bits per heavy atom. The van der Waals surface area contributed by atoms with Crippen molar-refractivity contribution in [2.75, 3.05) is 13.2 Å². The van der Waals surface area contributed by atoms with Crippen LogP contribution >= 0.6 is 0 Å². The van der Waals surface area contributed by atoms with E-state index in [0.29, 0.717) is 19.3 Å². The Morgan fingerprint density at radius 1 is 0.284 bits per heavy atom. The standard InChI is InChI=1S/C68H120O6/c1-4-7-10-13-16-19-22-25-28-31-33-34-36-37-40-43-46-49-52-55-58-61-67(70)73-64-65(63-72-66(69)60-57-54-51-48-45-42-39-30-27-24-21-18-15-12-9-6-3)74-68(71)62-59-56-53-50-47-44-41-38-35-32-29-26-23-20-17-14-11-8-5-2/h8,11,17,20,26,29-30,35,38-39,44,47,65H,4-7,9-10,12-16,18-19,21-25,27-28,31-34,36-37,40-43,45-46,48-64H2,1-3H3/b11-8-,20-17-,29-26-,38-35-,39-30-,47-44-. The molecule has 1 atom stereocenters. The van der Waals surface area contributed by atoms with Crippen LogP contribution < -0.4 is 0 Å². The molecule has 0 N–H and O–H groups in total. The van der Waals surface area contributed by atoms with Crippen LogP contribution in [0, 0.1) is 0 Å². The van der Waals surface area contributed by atoms with Gasteiger partial charge in [-0.05, 0) is 89.9 Å². The van der Waals surface area contributed by atoms with E-state index in [1.54, 1.807) is 0 Å². The Kier molecular flexibility index (Phi) is 59.7. The van der Waals surface area contributed by atoms with Gasteiger partial charge in [0.1, 0.15) is 13.2 Å². The maximum Gasteiger partial charge on any atom is 0.306 e. The van der Waals surface area contributed by atoms with Crippen molar-refractivity contribution < 1.29 is 28.6 Å². The molecule has 6 heteroatoms. The Labute approximate surface area is 459 Å². The number of allylic oxidation sites excluding steroid dienone is 12. The molecule has 428 valence electrons. The summed E-state index contributed by atoms with van der Waals surface area (Å²) in [7, 11) is 0. The zero-order chi connectivity index (χ0) is 53.6. The van der Waals surface area contributed by atoms with Crippen LogP contribution in [0.4, 0.5) is 0 Å². The summed E-state index contributed by atoms with van der Waals surface area (Å²) in [5.74, 6) is -0.914. The average Bonchev–Trinajstić information content (AvgIpc) is 3.40. The first-order valence-corrected chi connectivity index (χ1v) is 31.9. The highest BCUT2D eigenvalue weighted by atomic mass is 16.6. The molecule has 0 heterocycles. The number of hydrogen-bond acceptors (Lipinski definition) is 6. The third kappa shape index (κ3) is 59.7. The molecule has 0 rings (SSSR count). The molecule has 74 heavy (non-hydrogen) atoms. The Balaban J connectivity index is 4.40. The van der Waals surface area contributed by atoms with E-state index in [2.05, 4.69) is 93.7 Å². The van der Waals surface area contributed by atoms with Crippen molar-refractivity contribution in [1.82, 2.24) is 0 Å². The third-order valence-electron chi connectivity index (χ3n) is 13.9. The summed E-state index contributed by atoms with van der Waals surface area (Å²) in [6.45, 7) is 6.53. The van der Waals surface area contributed by atoms with Crippen molar-refractivity contribution in [3.05, 3.63) is 72.9 Å². The van der Waals surface area contributed by atoms with Crippen molar-refractivity contribution in [3.8, 4) is 0 Å². The summed E-state index contributed by atoms with van der Waals surface area (Å²) >= 11 is 0. The predicted molar refractivity (Wildman–Crippen MR) is 321 cm³/mol. The molecule has 0 aliphatic carbocycles. The summed E-state index contributed by atoms with van der Waals surface area (Å²) in [5, 5.41) is 0. The fraction of sp³-hybridized carbons (Fsp3) is 0.779. The smallest absolute Gasteiger partial charge is 0.306 e. The van der Waals surface area contributed by atoms with Gasteiger partial charge in [0.25, 0.3) is 0 Å². The molecule has 0 bridgehead atoms. The normalized spacial score (nSPS) is 12.5. The zero-order valence-electron chi connectivity index (χ0n) is 49.1. The third-order valence-corrected chi connectivity index (χ3v) is 13.9. The van der Waals surface area contributed by atoms with E-state index in [9.17, 15) is 14.4 Å². The zero-order valence-corrected chi connectivity index (χ0v) is 49.1. The van der Waals surface area contributed by atoms with Crippen LogP contribution in [-0.2, 0) is 28.6 Å². The van der Waals surface area contributed by atoms with Gasteiger partial charge < -0.3 is 14.2 Å². The predicted octanol–water partition coefficient (Wildman–Crippen LogP) is 21.7. The van der Waals surface area contributed by atoms with Crippen LogP contribution in [0.3, 0.4) is 0 Å². The van der Waals surface area contributed by atoms with Gasteiger partial charge in [0.05, 0.1) is 0 Å². The molecular weight excluding hydrogens is 913 g/mol. The average molecular weight is 1030 g/mol. The van der Waals surface area contributed by atoms with E-state index in [1.807, 2.05) is 0 Å². The first-order valence-electron chi connectivity index (χ1n) is 31.9. The van der Waals surface area contributed by atoms with Gasteiger partial charge in [-0.15, -0.1) is 0 Å². The lowest BCUT2D eigenvalue weighted by Crippen LogP contribution is -2.30.